The molecule has 0 aromatic carbocycles. The molecule has 0 rings (SSSR count). The van der Waals surface area contributed by atoms with Gasteiger partial charge >= 0.3 is 0 Å². The number of nitrogens with one attached hydrogen (secondary N) is 1. The van der Waals surface area contributed by atoms with Crippen molar-refractivity contribution in [3.8, 4) is 0 Å². The summed E-state index contributed by atoms with van der Waals surface area (Å²) >= 11 is 0. The van der Waals surface area contributed by atoms with Gasteiger partial charge in [-0.2, -0.15) is 0 Å². The molecule has 0 saturated carbocycles. The third-order valence-electron chi connectivity index (χ3n) is 1.32. The highest BCUT2D eigenvalue weighted by molar-refractivity contribution is 5.80. The molecule has 0 aliphatic carbocycles. The Morgan fingerprint density at radius 3 is 2.55 bits per heavy atom. The molecule has 0 spiro atoms. The Morgan fingerprint density at radius 1 is 1.45 bits per heavy atom. The summed E-state index contributed by atoms with van der Waals surface area (Å²) in [5, 5.41) is 3.11. The minimum Gasteiger partial charge on any atom is -0.317 e. The lowest BCUT2D eigenvalue weighted by Crippen LogP contribution is -2.25. The van der Waals surface area contributed by atoms with Crippen molar-refractivity contribution in [1.82, 2.24) is 10.2 Å². The van der Waals surface area contributed by atoms with Crippen LogP contribution < -0.4 is 5.32 Å². The summed E-state index contributed by atoms with van der Waals surface area (Å²) < 4.78 is 0. The number of Topliss-reactive ketones (excluding diaryl/α,β-unsaturated/α-hetero) is 1. The quantitative estimate of drug-likeness (QED) is 0.557. The number of rotatable bonds is 6. The normalized spacial score (nSPS) is 10.5. The lowest BCUT2D eigenvalue weighted by molar-refractivity contribution is -0.119. The van der Waals surface area contributed by atoms with Gasteiger partial charge in [0, 0.05) is 13.0 Å². The molecule has 0 radical (unpaired) electrons. The fraction of sp³-hybridized carbons (Fsp3) is 0.875. The summed E-state index contributed by atoms with van der Waals surface area (Å²) in [5.41, 5.74) is 0. The number of likely N-dealkylation sites (N-methyl/N-ethyl adjacent to an activating group) is 1. The molecule has 0 aliphatic rings. The molecule has 66 valence electrons. The fourth-order valence-corrected chi connectivity index (χ4v) is 0.836. The number of ketones is 1. The zero-order valence-corrected chi connectivity index (χ0v) is 7.68. The van der Waals surface area contributed by atoms with Crippen molar-refractivity contribution < 1.29 is 4.79 Å². The Hall–Kier alpha value is -0.410. The first-order valence-corrected chi connectivity index (χ1v) is 4.04. The minimum absolute atomic E-state index is 0.302. The highest BCUT2D eigenvalue weighted by Crippen LogP contribution is 1.83. The summed E-state index contributed by atoms with van der Waals surface area (Å²) in [6.07, 6.45) is 0.645. The van der Waals surface area contributed by atoms with Crippen LogP contribution >= 0.6 is 0 Å². The summed E-state index contributed by atoms with van der Waals surface area (Å²) in [6.45, 7) is 4.35. The summed E-state index contributed by atoms with van der Waals surface area (Å²) in [6, 6.07) is 0. The van der Waals surface area contributed by atoms with E-state index >= 15 is 0 Å². The summed E-state index contributed by atoms with van der Waals surface area (Å²) in [4.78, 5) is 12.9. The largest absolute Gasteiger partial charge is 0.317 e. The van der Waals surface area contributed by atoms with Gasteiger partial charge < -0.3 is 10.2 Å². The van der Waals surface area contributed by atoms with Crippen LogP contribution in [0.4, 0.5) is 0 Å². The van der Waals surface area contributed by atoms with Crippen LogP contribution in [0.3, 0.4) is 0 Å². The predicted molar refractivity (Wildman–Crippen MR) is 46.7 cm³/mol. The van der Waals surface area contributed by atoms with Gasteiger partial charge in [-0.3, -0.25) is 4.79 Å². The van der Waals surface area contributed by atoms with Gasteiger partial charge in [-0.05, 0) is 20.6 Å². The van der Waals surface area contributed by atoms with E-state index in [0.29, 0.717) is 18.7 Å². The van der Waals surface area contributed by atoms with Crippen molar-refractivity contribution in [2.24, 2.45) is 0 Å². The van der Waals surface area contributed by atoms with E-state index in [1.807, 2.05) is 25.9 Å². The van der Waals surface area contributed by atoms with Gasteiger partial charge in [0.1, 0.15) is 5.78 Å². The second-order valence-corrected chi connectivity index (χ2v) is 2.88. The van der Waals surface area contributed by atoms with Crippen LogP contribution in [0.15, 0.2) is 0 Å². The van der Waals surface area contributed by atoms with Crippen LogP contribution in [0.1, 0.15) is 13.3 Å². The van der Waals surface area contributed by atoms with Crippen molar-refractivity contribution in [1.29, 1.82) is 0 Å². The monoisotopic (exact) mass is 158 g/mol. The van der Waals surface area contributed by atoms with E-state index in [4.69, 9.17) is 0 Å². The Labute approximate surface area is 68.8 Å². The van der Waals surface area contributed by atoms with Gasteiger partial charge in [-0.15, -0.1) is 0 Å². The maximum Gasteiger partial charge on any atom is 0.148 e. The van der Waals surface area contributed by atoms with Gasteiger partial charge in [0.2, 0.25) is 0 Å². The van der Waals surface area contributed by atoms with E-state index in [2.05, 4.69) is 5.32 Å². The molecule has 0 unspecified atom stereocenters. The minimum atomic E-state index is 0.302. The van der Waals surface area contributed by atoms with Crippen LogP contribution in [0.25, 0.3) is 0 Å². The Balaban J connectivity index is 3.23. The molecular formula is C8H18N2O. The standard InChI is InChI=1S/C8H18N2O/c1-4-9-6-5-8(11)7-10(2)3/h9H,4-7H2,1-3H3. The molecule has 0 aromatic heterocycles. The molecule has 0 atom stereocenters. The molecule has 0 heterocycles. The van der Waals surface area contributed by atoms with Crippen LogP contribution in [0.5, 0.6) is 0 Å². The van der Waals surface area contributed by atoms with Gasteiger partial charge in [-0.1, -0.05) is 6.92 Å². The summed E-state index contributed by atoms with van der Waals surface area (Å²) in [5.74, 6) is 0.302. The molecule has 0 fully saturated rings. The topological polar surface area (TPSA) is 32.3 Å². The van der Waals surface area contributed by atoms with Crippen molar-refractivity contribution in [3.05, 3.63) is 0 Å². The molecule has 0 amide bonds. The van der Waals surface area contributed by atoms with Crippen molar-refractivity contribution >= 4 is 5.78 Å². The van der Waals surface area contributed by atoms with E-state index < -0.39 is 0 Å². The van der Waals surface area contributed by atoms with Crippen LogP contribution in [-0.2, 0) is 4.79 Å². The molecule has 0 bridgehead atoms. The van der Waals surface area contributed by atoms with Crippen LogP contribution in [-0.4, -0.2) is 44.4 Å². The maximum atomic E-state index is 11.0. The zero-order chi connectivity index (χ0) is 8.69. The molecule has 0 aliphatic heterocycles. The highest BCUT2D eigenvalue weighted by atomic mass is 16.1. The van der Waals surface area contributed by atoms with Crippen molar-refractivity contribution in [2.45, 2.75) is 13.3 Å². The number of hydrogen-bond donors (Lipinski definition) is 1. The average molecular weight is 158 g/mol. The van der Waals surface area contributed by atoms with Crippen molar-refractivity contribution in [2.75, 3.05) is 33.7 Å². The summed E-state index contributed by atoms with van der Waals surface area (Å²) in [7, 11) is 3.82. The molecule has 1 N–H and O–H groups in total. The zero-order valence-electron chi connectivity index (χ0n) is 7.68. The predicted octanol–water partition coefficient (Wildman–Crippen LogP) is 0.117. The molecule has 0 aromatic rings. The first-order valence-electron chi connectivity index (χ1n) is 4.04. The molecule has 3 heteroatoms. The SMILES string of the molecule is CCNCCC(=O)CN(C)C. The van der Waals surface area contributed by atoms with E-state index in [0.717, 1.165) is 13.1 Å². The van der Waals surface area contributed by atoms with Crippen LogP contribution in [0.2, 0.25) is 0 Å². The Kier molecular flexibility index (Phi) is 6.07. The second kappa shape index (κ2) is 6.31. The smallest absolute Gasteiger partial charge is 0.148 e. The molecule has 3 nitrogen and oxygen atoms in total. The van der Waals surface area contributed by atoms with Gasteiger partial charge in [0.15, 0.2) is 0 Å². The van der Waals surface area contributed by atoms with Gasteiger partial charge in [0.05, 0.1) is 6.54 Å². The van der Waals surface area contributed by atoms with E-state index in [1.54, 1.807) is 0 Å². The van der Waals surface area contributed by atoms with Crippen LogP contribution in [0, 0.1) is 0 Å². The number of nitrogens with zero attached hydrogens (tertiary/aromatic N) is 1. The number of hydrogen-bond acceptors (Lipinski definition) is 3. The van der Waals surface area contributed by atoms with E-state index in [9.17, 15) is 4.79 Å². The fourth-order valence-electron chi connectivity index (χ4n) is 0.836. The third-order valence-corrected chi connectivity index (χ3v) is 1.32. The van der Waals surface area contributed by atoms with E-state index in [1.165, 1.54) is 0 Å². The number of carbonyl (C=O) groups excluding carboxylic acids is 1. The molecule has 0 saturated heterocycles. The van der Waals surface area contributed by atoms with Crippen molar-refractivity contribution in [3.63, 3.8) is 0 Å². The Morgan fingerprint density at radius 2 is 2.09 bits per heavy atom. The first kappa shape index (κ1) is 10.6. The highest BCUT2D eigenvalue weighted by Gasteiger charge is 2.01. The lowest BCUT2D eigenvalue weighted by Gasteiger charge is -2.07. The van der Waals surface area contributed by atoms with Gasteiger partial charge in [-0.25, -0.2) is 0 Å². The van der Waals surface area contributed by atoms with Gasteiger partial charge in [0.25, 0.3) is 0 Å². The molecular weight excluding hydrogens is 140 g/mol. The maximum absolute atomic E-state index is 11.0. The van der Waals surface area contributed by atoms with E-state index in [-0.39, 0.29) is 0 Å². The third kappa shape index (κ3) is 7.49. The second-order valence-electron chi connectivity index (χ2n) is 2.88. The Bertz CT molecular complexity index is 113. The lowest BCUT2D eigenvalue weighted by atomic mass is 10.3. The average Bonchev–Trinajstić information content (AvgIpc) is 1.86. The number of carbonyl (C=O) groups is 1. The molecule has 11 heavy (non-hydrogen) atoms. The first-order chi connectivity index (χ1) is 5.16.